The maximum atomic E-state index is 13.1. The van der Waals surface area contributed by atoms with Gasteiger partial charge in [-0.1, -0.05) is 63.1 Å². The number of hydrogen-bond acceptors (Lipinski definition) is 3. The highest BCUT2D eigenvalue weighted by atomic mass is 16.1. The largest absolute Gasteiger partial charge is 0.308 e. The van der Waals surface area contributed by atoms with Gasteiger partial charge in [0, 0.05) is 24.2 Å². The third kappa shape index (κ3) is 5.46. The Morgan fingerprint density at radius 2 is 1.11 bits per heavy atom. The summed E-state index contributed by atoms with van der Waals surface area (Å²) < 4.78 is 3.57. The van der Waals surface area contributed by atoms with Gasteiger partial charge in [0.2, 0.25) is 0 Å². The summed E-state index contributed by atoms with van der Waals surface area (Å²) in [4.78, 5) is 38.9. The summed E-state index contributed by atoms with van der Waals surface area (Å²) >= 11 is 0. The van der Waals surface area contributed by atoms with Gasteiger partial charge in [0.1, 0.15) is 0 Å². The summed E-state index contributed by atoms with van der Waals surface area (Å²) in [7, 11) is 0. The van der Waals surface area contributed by atoms with Crippen LogP contribution in [0.5, 0.6) is 0 Å². The van der Waals surface area contributed by atoms with Gasteiger partial charge in [0.25, 0.3) is 11.1 Å². The van der Waals surface area contributed by atoms with Crippen LogP contribution >= 0.6 is 0 Å². The standard InChI is InChI=1S/C31H32N2O3/c1-3-5-19-32-28-13-9-7-11-23(28)21-25(30(32)35)15-17-27(34)18-16-26-22-24-12-8-10-14-29(24)33(31(26)36)20-6-4-2/h7-18,21-22H,3-6,19-20H2,1-2H3/b17-15+,18-16+. The van der Waals surface area contributed by atoms with E-state index in [0.717, 1.165) is 47.5 Å². The van der Waals surface area contributed by atoms with E-state index in [1.54, 1.807) is 21.3 Å². The molecule has 0 spiro atoms. The number of aryl methyl sites for hydroxylation is 2. The van der Waals surface area contributed by atoms with E-state index in [0.29, 0.717) is 24.2 Å². The second-order valence-electron chi connectivity index (χ2n) is 9.01. The van der Waals surface area contributed by atoms with Crippen molar-refractivity contribution in [2.24, 2.45) is 0 Å². The topological polar surface area (TPSA) is 61.1 Å². The summed E-state index contributed by atoms with van der Waals surface area (Å²) in [5.41, 5.74) is 2.52. The molecule has 0 radical (unpaired) electrons. The molecule has 2 aromatic carbocycles. The van der Waals surface area contributed by atoms with Crippen LogP contribution in [-0.4, -0.2) is 14.9 Å². The van der Waals surface area contributed by atoms with Crippen LogP contribution in [0.25, 0.3) is 34.0 Å². The summed E-state index contributed by atoms with van der Waals surface area (Å²) in [6, 6.07) is 19.2. The molecule has 4 rings (SSSR count). The number of carbonyl (C=O) groups excluding carboxylic acids is 1. The number of ketones is 1. The molecule has 0 bridgehead atoms. The normalized spacial score (nSPS) is 11.8. The minimum atomic E-state index is -0.282. The highest BCUT2D eigenvalue weighted by Gasteiger charge is 2.09. The molecule has 0 saturated carbocycles. The average molecular weight is 481 g/mol. The SMILES string of the molecule is CCCCn1c(=O)c(/C=C/C(=O)/C=C/c2cc3ccccc3n(CCCC)c2=O)cc2ccccc21. The molecule has 0 aliphatic heterocycles. The van der Waals surface area contributed by atoms with Gasteiger partial charge in [-0.15, -0.1) is 0 Å². The van der Waals surface area contributed by atoms with E-state index in [1.807, 2.05) is 60.7 Å². The van der Waals surface area contributed by atoms with Gasteiger partial charge in [-0.25, -0.2) is 0 Å². The summed E-state index contributed by atoms with van der Waals surface area (Å²) in [5, 5.41) is 1.92. The Kier molecular flexibility index (Phi) is 8.11. The van der Waals surface area contributed by atoms with Crippen LogP contribution in [0, 0.1) is 0 Å². The maximum Gasteiger partial charge on any atom is 0.258 e. The number of carbonyl (C=O) groups is 1. The number of benzene rings is 2. The number of allylic oxidation sites excluding steroid dienone is 2. The van der Waals surface area contributed by atoms with E-state index in [9.17, 15) is 14.4 Å². The quantitative estimate of drug-likeness (QED) is 0.254. The first-order valence-electron chi connectivity index (χ1n) is 12.7. The molecular formula is C31H32N2O3. The Morgan fingerprint density at radius 1 is 0.694 bits per heavy atom. The van der Waals surface area contributed by atoms with Crippen molar-refractivity contribution >= 4 is 39.7 Å². The number of nitrogens with zero attached hydrogens (tertiary/aromatic N) is 2. The van der Waals surface area contributed by atoms with Gasteiger partial charge < -0.3 is 9.13 Å². The van der Waals surface area contributed by atoms with E-state index in [1.165, 1.54) is 12.2 Å². The second-order valence-corrected chi connectivity index (χ2v) is 9.01. The Labute approximate surface area is 211 Å². The lowest BCUT2D eigenvalue weighted by Crippen LogP contribution is -2.23. The van der Waals surface area contributed by atoms with E-state index >= 15 is 0 Å². The Bertz CT molecular complexity index is 1450. The summed E-state index contributed by atoms with van der Waals surface area (Å²) in [6.45, 7) is 5.46. The van der Waals surface area contributed by atoms with Crippen LogP contribution in [0.4, 0.5) is 0 Å². The summed E-state index contributed by atoms with van der Waals surface area (Å²) in [6.07, 6.45) is 9.71. The highest BCUT2D eigenvalue weighted by molar-refractivity contribution is 6.04. The number of pyridine rings is 2. The van der Waals surface area contributed by atoms with Crippen molar-refractivity contribution in [1.82, 2.24) is 9.13 Å². The highest BCUT2D eigenvalue weighted by Crippen LogP contribution is 2.16. The van der Waals surface area contributed by atoms with Crippen LogP contribution in [0.15, 0.2) is 82.4 Å². The van der Waals surface area contributed by atoms with Gasteiger partial charge in [-0.3, -0.25) is 14.4 Å². The van der Waals surface area contributed by atoms with Gasteiger partial charge in [0.15, 0.2) is 5.78 Å². The molecule has 184 valence electrons. The monoisotopic (exact) mass is 480 g/mol. The minimum Gasteiger partial charge on any atom is -0.308 e. The fourth-order valence-corrected chi connectivity index (χ4v) is 4.41. The molecular weight excluding hydrogens is 448 g/mol. The molecule has 0 amide bonds. The van der Waals surface area contributed by atoms with E-state index in [-0.39, 0.29) is 16.9 Å². The molecule has 5 nitrogen and oxygen atoms in total. The Morgan fingerprint density at radius 3 is 1.53 bits per heavy atom. The smallest absolute Gasteiger partial charge is 0.258 e. The van der Waals surface area contributed by atoms with Crippen molar-refractivity contribution < 1.29 is 4.79 Å². The van der Waals surface area contributed by atoms with E-state index in [2.05, 4.69) is 13.8 Å². The predicted octanol–water partition coefficient (Wildman–Crippen LogP) is 6.21. The molecule has 2 aromatic heterocycles. The lowest BCUT2D eigenvalue weighted by Gasteiger charge is -2.11. The molecule has 0 aliphatic carbocycles. The molecule has 0 saturated heterocycles. The van der Waals surface area contributed by atoms with Gasteiger partial charge in [-0.2, -0.15) is 0 Å². The molecule has 2 heterocycles. The number of hydrogen-bond donors (Lipinski definition) is 0. The van der Waals surface area contributed by atoms with Crippen molar-refractivity contribution in [1.29, 1.82) is 0 Å². The van der Waals surface area contributed by atoms with Gasteiger partial charge >= 0.3 is 0 Å². The van der Waals surface area contributed by atoms with Crippen LogP contribution < -0.4 is 11.1 Å². The fraction of sp³-hybridized carbons (Fsp3) is 0.258. The zero-order valence-electron chi connectivity index (χ0n) is 20.9. The molecule has 0 atom stereocenters. The fourth-order valence-electron chi connectivity index (χ4n) is 4.41. The zero-order chi connectivity index (χ0) is 25.5. The minimum absolute atomic E-state index is 0.108. The predicted molar refractivity (Wildman–Crippen MR) is 149 cm³/mol. The van der Waals surface area contributed by atoms with Crippen molar-refractivity contribution in [2.75, 3.05) is 0 Å². The van der Waals surface area contributed by atoms with Crippen molar-refractivity contribution in [3.8, 4) is 0 Å². The second kappa shape index (κ2) is 11.6. The van der Waals surface area contributed by atoms with Gasteiger partial charge in [0.05, 0.1) is 11.0 Å². The van der Waals surface area contributed by atoms with Crippen LogP contribution in [0.1, 0.15) is 50.7 Å². The number of aromatic nitrogens is 2. The first-order chi connectivity index (χ1) is 17.5. The number of fused-ring (bicyclic) bond motifs is 2. The van der Waals surface area contributed by atoms with E-state index in [4.69, 9.17) is 0 Å². The molecule has 0 unspecified atom stereocenters. The molecule has 4 aromatic rings. The van der Waals surface area contributed by atoms with Crippen LogP contribution in [0.2, 0.25) is 0 Å². The van der Waals surface area contributed by atoms with Crippen molar-refractivity contribution in [3.05, 3.63) is 105 Å². The lowest BCUT2D eigenvalue weighted by molar-refractivity contribution is -0.110. The van der Waals surface area contributed by atoms with Gasteiger partial charge in [-0.05, 0) is 72.2 Å². The zero-order valence-corrected chi connectivity index (χ0v) is 20.9. The van der Waals surface area contributed by atoms with Crippen molar-refractivity contribution in [3.63, 3.8) is 0 Å². The van der Waals surface area contributed by atoms with Crippen LogP contribution in [-0.2, 0) is 17.9 Å². The summed E-state index contributed by atoms with van der Waals surface area (Å²) in [5.74, 6) is -0.282. The van der Waals surface area contributed by atoms with Crippen LogP contribution in [0.3, 0.4) is 0 Å². The molecule has 36 heavy (non-hydrogen) atoms. The Hall–Kier alpha value is -3.99. The number of para-hydroxylation sites is 2. The third-order valence-electron chi connectivity index (χ3n) is 6.39. The first-order valence-corrected chi connectivity index (χ1v) is 12.7. The number of rotatable bonds is 10. The first kappa shape index (κ1) is 25.1. The Balaban J connectivity index is 1.63. The van der Waals surface area contributed by atoms with E-state index < -0.39 is 0 Å². The lowest BCUT2D eigenvalue weighted by atomic mass is 10.1. The maximum absolute atomic E-state index is 13.1. The molecule has 0 aliphatic rings. The molecule has 0 fully saturated rings. The average Bonchev–Trinajstić information content (AvgIpc) is 2.90. The van der Waals surface area contributed by atoms with Crippen molar-refractivity contribution in [2.45, 2.75) is 52.6 Å². The molecule has 0 N–H and O–H groups in total. The third-order valence-corrected chi connectivity index (χ3v) is 6.39. The number of unbranched alkanes of at least 4 members (excludes halogenated alkanes) is 2. The molecule has 5 heteroatoms.